The molecule has 0 saturated carbocycles. The molecule has 0 aromatic carbocycles. The molecule has 0 radical (unpaired) electrons. The molecule has 1 aromatic rings. The average molecular weight is 276 g/mol. The van der Waals surface area contributed by atoms with E-state index in [4.69, 9.17) is 10.5 Å². The highest BCUT2D eigenvalue weighted by Crippen LogP contribution is 2.19. The highest BCUT2D eigenvalue weighted by molar-refractivity contribution is 6.15. The predicted octanol–water partition coefficient (Wildman–Crippen LogP) is 1.33. The van der Waals surface area contributed by atoms with Crippen LogP contribution in [-0.2, 0) is 9.53 Å². The van der Waals surface area contributed by atoms with Gasteiger partial charge in [-0.1, -0.05) is 0 Å². The summed E-state index contributed by atoms with van der Waals surface area (Å²) in [6, 6.07) is 1.86. The first-order valence-corrected chi connectivity index (χ1v) is 6.93. The Morgan fingerprint density at radius 1 is 1.45 bits per heavy atom. The van der Waals surface area contributed by atoms with Gasteiger partial charge in [0, 0.05) is 25.5 Å². The maximum atomic E-state index is 11.8. The molecule has 1 aromatic heterocycles. The third-order valence-electron chi connectivity index (χ3n) is 3.22. The minimum absolute atomic E-state index is 0.200. The minimum Gasteiger partial charge on any atom is -0.462 e. The van der Waals surface area contributed by atoms with Crippen LogP contribution in [0.25, 0.3) is 5.57 Å². The van der Waals surface area contributed by atoms with E-state index >= 15 is 0 Å². The number of anilines is 1. The number of rotatable bonds is 4. The van der Waals surface area contributed by atoms with E-state index in [-0.39, 0.29) is 5.57 Å². The molecule has 6 nitrogen and oxygen atoms in total. The van der Waals surface area contributed by atoms with Gasteiger partial charge in [-0.3, -0.25) is 0 Å². The minimum atomic E-state index is -0.495. The molecule has 2 heterocycles. The molecule has 0 bridgehead atoms. The van der Waals surface area contributed by atoms with Gasteiger partial charge in [0.1, 0.15) is 11.4 Å². The fraction of sp³-hybridized carbons (Fsp3) is 0.500. The monoisotopic (exact) mass is 276 g/mol. The summed E-state index contributed by atoms with van der Waals surface area (Å²) < 4.78 is 4.95. The third-order valence-corrected chi connectivity index (χ3v) is 3.22. The fourth-order valence-electron chi connectivity index (χ4n) is 2.22. The number of esters is 1. The van der Waals surface area contributed by atoms with Crippen molar-refractivity contribution in [2.75, 3.05) is 24.6 Å². The summed E-state index contributed by atoms with van der Waals surface area (Å²) in [5.74, 6) is 0.651. The van der Waals surface area contributed by atoms with Crippen molar-refractivity contribution in [2.24, 2.45) is 5.73 Å². The predicted molar refractivity (Wildman–Crippen MR) is 76.9 cm³/mol. The second-order valence-corrected chi connectivity index (χ2v) is 4.59. The van der Waals surface area contributed by atoms with Crippen LogP contribution in [-0.4, -0.2) is 35.6 Å². The van der Waals surface area contributed by atoms with Crippen molar-refractivity contribution in [2.45, 2.75) is 26.2 Å². The van der Waals surface area contributed by atoms with Crippen LogP contribution in [0.15, 0.2) is 18.5 Å². The van der Waals surface area contributed by atoms with Gasteiger partial charge in [0.2, 0.25) is 0 Å². The van der Waals surface area contributed by atoms with Gasteiger partial charge in [0.15, 0.2) is 5.82 Å². The zero-order valence-corrected chi connectivity index (χ0v) is 11.7. The number of aromatic nitrogens is 2. The van der Waals surface area contributed by atoms with Gasteiger partial charge < -0.3 is 15.4 Å². The van der Waals surface area contributed by atoms with Gasteiger partial charge in [-0.25, -0.2) is 14.8 Å². The van der Waals surface area contributed by atoms with Crippen LogP contribution in [0.3, 0.4) is 0 Å². The molecule has 0 atom stereocenters. The Labute approximate surface area is 118 Å². The number of nitrogens with zero attached hydrogens (tertiary/aromatic N) is 3. The summed E-state index contributed by atoms with van der Waals surface area (Å²) in [7, 11) is 0. The summed E-state index contributed by atoms with van der Waals surface area (Å²) in [6.07, 6.45) is 6.43. The first kappa shape index (κ1) is 14.3. The van der Waals surface area contributed by atoms with Crippen molar-refractivity contribution in [1.29, 1.82) is 0 Å². The fourth-order valence-corrected chi connectivity index (χ4v) is 2.22. The lowest BCUT2D eigenvalue weighted by Gasteiger charge is -2.27. The van der Waals surface area contributed by atoms with Crippen LogP contribution in [0.2, 0.25) is 0 Å². The zero-order valence-electron chi connectivity index (χ0n) is 11.7. The summed E-state index contributed by atoms with van der Waals surface area (Å²) in [6.45, 7) is 4.01. The van der Waals surface area contributed by atoms with Crippen molar-refractivity contribution in [3.8, 4) is 0 Å². The number of nitrogens with two attached hydrogens (primary N) is 1. The van der Waals surface area contributed by atoms with Crippen molar-refractivity contribution in [3.05, 3.63) is 24.3 Å². The molecule has 1 saturated heterocycles. The number of ether oxygens (including phenoxy) is 1. The molecule has 2 rings (SSSR count). The number of hydrogen-bond donors (Lipinski definition) is 1. The summed E-state index contributed by atoms with van der Waals surface area (Å²) in [4.78, 5) is 22.6. The number of carbonyl (C=O) groups is 1. The SMILES string of the molecule is CCOC(=O)C(=CN)c1nccc(N2CCCCC2)n1. The van der Waals surface area contributed by atoms with E-state index in [1.165, 1.54) is 12.6 Å². The molecule has 108 valence electrons. The number of piperidine rings is 1. The van der Waals surface area contributed by atoms with Crippen molar-refractivity contribution >= 4 is 17.4 Å². The summed E-state index contributed by atoms with van der Waals surface area (Å²) in [5, 5.41) is 0. The van der Waals surface area contributed by atoms with Crippen LogP contribution in [0.4, 0.5) is 5.82 Å². The maximum absolute atomic E-state index is 11.8. The number of carbonyl (C=O) groups excluding carboxylic acids is 1. The van der Waals surface area contributed by atoms with Crippen molar-refractivity contribution < 1.29 is 9.53 Å². The quantitative estimate of drug-likeness (QED) is 0.660. The number of hydrogen-bond acceptors (Lipinski definition) is 6. The summed E-state index contributed by atoms with van der Waals surface area (Å²) in [5.41, 5.74) is 5.71. The van der Waals surface area contributed by atoms with Crippen LogP contribution in [0, 0.1) is 0 Å². The second kappa shape index (κ2) is 6.88. The second-order valence-electron chi connectivity index (χ2n) is 4.59. The summed E-state index contributed by atoms with van der Waals surface area (Å²) >= 11 is 0. The van der Waals surface area contributed by atoms with Gasteiger partial charge in [0.25, 0.3) is 0 Å². The largest absolute Gasteiger partial charge is 0.462 e. The van der Waals surface area contributed by atoms with E-state index in [1.54, 1.807) is 13.1 Å². The Hall–Kier alpha value is -2.11. The molecule has 6 heteroatoms. The Bertz CT molecular complexity index is 496. The molecule has 1 fully saturated rings. The Morgan fingerprint density at radius 3 is 2.85 bits per heavy atom. The van der Waals surface area contributed by atoms with Crippen LogP contribution in [0.5, 0.6) is 0 Å². The van der Waals surface area contributed by atoms with Crippen LogP contribution < -0.4 is 10.6 Å². The molecular weight excluding hydrogens is 256 g/mol. The average Bonchev–Trinajstić information content (AvgIpc) is 2.49. The molecule has 0 aliphatic carbocycles. The van der Waals surface area contributed by atoms with Crippen LogP contribution in [0.1, 0.15) is 32.0 Å². The third kappa shape index (κ3) is 3.26. The Balaban J connectivity index is 2.21. The Morgan fingerprint density at radius 2 is 2.20 bits per heavy atom. The van der Waals surface area contributed by atoms with E-state index in [0.29, 0.717) is 12.4 Å². The smallest absolute Gasteiger partial charge is 0.343 e. The van der Waals surface area contributed by atoms with Crippen LogP contribution >= 0.6 is 0 Å². The molecule has 0 amide bonds. The maximum Gasteiger partial charge on any atom is 0.343 e. The topological polar surface area (TPSA) is 81.3 Å². The lowest BCUT2D eigenvalue weighted by molar-refractivity contribution is -0.136. The molecule has 20 heavy (non-hydrogen) atoms. The van der Waals surface area contributed by atoms with E-state index in [9.17, 15) is 4.79 Å². The molecule has 2 N–H and O–H groups in total. The normalized spacial score (nSPS) is 16.1. The zero-order chi connectivity index (χ0) is 14.4. The standard InChI is InChI=1S/C14H20N4O2/c1-2-20-14(19)11(10-15)13-16-7-6-12(17-13)18-8-4-3-5-9-18/h6-7,10H,2-5,8-9,15H2,1H3. The highest BCUT2D eigenvalue weighted by atomic mass is 16.5. The van der Waals surface area contributed by atoms with Gasteiger partial charge in [0.05, 0.1) is 6.61 Å². The van der Waals surface area contributed by atoms with E-state index in [2.05, 4.69) is 14.9 Å². The lowest BCUT2D eigenvalue weighted by Crippen LogP contribution is -2.30. The lowest BCUT2D eigenvalue weighted by atomic mass is 10.1. The molecular formula is C14H20N4O2. The van der Waals surface area contributed by atoms with Gasteiger partial charge in [-0.05, 0) is 32.3 Å². The first-order chi connectivity index (χ1) is 9.76. The Kier molecular flexibility index (Phi) is 4.92. The first-order valence-electron chi connectivity index (χ1n) is 6.93. The van der Waals surface area contributed by atoms with Crippen molar-refractivity contribution in [1.82, 2.24) is 9.97 Å². The van der Waals surface area contributed by atoms with Gasteiger partial charge in [-0.2, -0.15) is 0 Å². The molecule has 0 spiro atoms. The van der Waals surface area contributed by atoms with E-state index in [0.717, 1.165) is 31.7 Å². The molecule has 1 aliphatic heterocycles. The molecule has 0 unspecified atom stereocenters. The van der Waals surface area contributed by atoms with Crippen molar-refractivity contribution in [3.63, 3.8) is 0 Å². The molecule has 1 aliphatic rings. The van der Waals surface area contributed by atoms with Gasteiger partial charge >= 0.3 is 5.97 Å². The van der Waals surface area contributed by atoms with E-state index in [1.807, 2.05) is 6.07 Å². The van der Waals surface area contributed by atoms with Gasteiger partial charge in [-0.15, -0.1) is 0 Å². The van der Waals surface area contributed by atoms with E-state index < -0.39 is 5.97 Å². The highest BCUT2D eigenvalue weighted by Gasteiger charge is 2.18.